The molecule has 0 radical (unpaired) electrons. The van der Waals surface area contributed by atoms with E-state index < -0.39 is 12.7 Å². The Balaban J connectivity index is 1.56. The lowest BCUT2D eigenvalue weighted by molar-refractivity contribution is -0.120. The zero-order chi connectivity index (χ0) is 21.1. The summed E-state index contributed by atoms with van der Waals surface area (Å²) in [6.45, 7) is -2.94. The summed E-state index contributed by atoms with van der Waals surface area (Å²) in [7, 11) is 0. The van der Waals surface area contributed by atoms with Gasteiger partial charge >= 0.3 is 6.61 Å². The van der Waals surface area contributed by atoms with Crippen molar-refractivity contribution in [2.45, 2.75) is 50.8 Å². The molecule has 0 spiro atoms. The Hall–Kier alpha value is -2.96. The zero-order valence-electron chi connectivity index (χ0n) is 16.5. The second-order valence-corrected chi connectivity index (χ2v) is 7.84. The van der Waals surface area contributed by atoms with Gasteiger partial charge in [0.2, 0.25) is 5.91 Å². The van der Waals surface area contributed by atoms with Gasteiger partial charge in [0.05, 0.1) is 0 Å². The predicted octanol–water partition coefficient (Wildman–Crippen LogP) is 4.70. The lowest BCUT2D eigenvalue weighted by Crippen LogP contribution is -2.47. The number of hydrogen-bond donors (Lipinski definition) is 1. The predicted molar refractivity (Wildman–Crippen MR) is 108 cm³/mol. The van der Waals surface area contributed by atoms with Crippen molar-refractivity contribution in [2.75, 3.05) is 5.32 Å². The molecule has 7 heteroatoms. The van der Waals surface area contributed by atoms with Crippen molar-refractivity contribution in [1.82, 2.24) is 4.90 Å². The van der Waals surface area contributed by atoms with E-state index in [0.29, 0.717) is 23.6 Å². The van der Waals surface area contributed by atoms with Gasteiger partial charge in [0.15, 0.2) is 0 Å². The third kappa shape index (κ3) is 4.30. The number of rotatable bonds is 5. The number of fused-ring (bicyclic) bond motifs is 1. The van der Waals surface area contributed by atoms with Crippen LogP contribution in [0.2, 0.25) is 0 Å². The molecule has 158 valence electrons. The van der Waals surface area contributed by atoms with Crippen molar-refractivity contribution in [2.24, 2.45) is 5.92 Å². The van der Waals surface area contributed by atoms with Gasteiger partial charge in [-0.2, -0.15) is 8.78 Å². The largest absolute Gasteiger partial charge is 0.435 e. The minimum atomic E-state index is -2.94. The van der Waals surface area contributed by atoms with Crippen LogP contribution in [0.4, 0.5) is 14.5 Å². The Kier molecular flexibility index (Phi) is 5.97. The van der Waals surface area contributed by atoms with Gasteiger partial charge in [-0.15, -0.1) is 0 Å². The molecule has 3 atom stereocenters. The molecular formula is C23H24F2N2O3. The van der Waals surface area contributed by atoms with Crippen LogP contribution in [-0.2, 0) is 4.79 Å². The lowest BCUT2D eigenvalue weighted by Gasteiger charge is -2.33. The van der Waals surface area contributed by atoms with Crippen molar-refractivity contribution in [1.29, 1.82) is 0 Å². The van der Waals surface area contributed by atoms with Crippen molar-refractivity contribution in [3.8, 4) is 5.75 Å². The number of benzene rings is 2. The first-order valence-corrected chi connectivity index (χ1v) is 10.3. The van der Waals surface area contributed by atoms with Gasteiger partial charge in [0, 0.05) is 23.4 Å². The molecule has 1 heterocycles. The van der Waals surface area contributed by atoms with E-state index in [0.717, 1.165) is 25.7 Å². The standard InChI is InChI=1S/C23H24F2N2O3/c24-23(25)30-18-11-6-10-17(14-18)26-21(28)20-13-16-9-4-5-12-19(16)27(20)22(29)15-7-2-1-3-8-15/h1-3,6-8,10-11,14,16,19-20,23H,4-5,9,12-13H2,(H,26,28). The molecule has 3 unspecified atom stereocenters. The molecular weight excluding hydrogens is 390 g/mol. The summed E-state index contributed by atoms with van der Waals surface area (Å²) in [5.74, 6) is -0.168. The number of carbonyl (C=O) groups is 2. The molecule has 1 aliphatic heterocycles. The molecule has 1 saturated heterocycles. The number of anilines is 1. The second kappa shape index (κ2) is 8.81. The molecule has 2 amide bonds. The summed E-state index contributed by atoms with van der Waals surface area (Å²) in [4.78, 5) is 28.2. The average molecular weight is 414 g/mol. The number of carbonyl (C=O) groups excluding carboxylic acids is 2. The first-order valence-electron chi connectivity index (χ1n) is 10.3. The SMILES string of the molecule is O=C(Nc1cccc(OC(F)F)c1)C1CC2CCCCC2N1C(=O)c1ccccc1. The number of hydrogen-bond acceptors (Lipinski definition) is 3. The molecule has 5 nitrogen and oxygen atoms in total. The summed E-state index contributed by atoms with van der Waals surface area (Å²) in [6.07, 6.45) is 4.66. The lowest BCUT2D eigenvalue weighted by atomic mass is 9.84. The van der Waals surface area contributed by atoms with Crippen molar-refractivity contribution in [3.05, 3.63) is 60.2 Å². The van der Waals surface area contributed by atoms with Gasteiger partial charge in [-0.25, -0.2) is 0 Å². The highest BCUT2D eigenvalue weighted by atomic mass is 19.3. The maximum atomic E-state index is 13.3. The van der Waals surface area contributed by atoms with E-state index in [1.807, 2.05) is 18.2 Å². The van der Waals surface area contributed by atoms with Gasteiger partial charge in [-0.3, -0.25) is 9.59 Å². The van der Waals surface area contributed by atoms with Crippen molar-refractivity contribution in [3.63, 3.8) is 0 Å². The molecule has 2 aliphatic rings. The summed E-state index contributed by atoms with van der Waals surface area (Å²) in [5.41, 5.74) is 0.925. The summed E-state index contributed by atoms with van der Waals surface area (Å²) >= 11 is 0. The fourth-order valence-corrected chi connectivity index (χ4v) is 4.69. The van der Waals surface area contributed by atoms with Crippen LogP contribution in [0.1, 0.15) is 42.5 Å². The highest BCUT2D eigenvalue weighted by Gasteiger charge is 2.47. The topological polar surface area (TPSA) is 58.6 Å². The number of amides is 2. The molecule has 1 N–H and O–H groups in total. The first-order chi connectivity index (χ1) is 14.5. The van der Waals surface area contributed by atoms with E-state index >= 15 is 0 Å². The van der Waals surface area contributed by atoms with Gasteiger partial charge in [-0.1, -0.05) is 37.1 Å². The van der Waals surface area contributed by atoms with E-state index in [4.69, 9.17) is 0 Å². The number of alkyl halides is 2. The quantitative estimate of drug-likeness (QED) is 0.772. The maximum absolute atomic E-state index is 13.3. The Morgan fingerprint density at radius 1 is 1.03 bits per heavy atom. The van der Waals surface area contributed by atoms with Gasteiger partial charge < -0.3 is 15.0 Å². The van der Waals surface area contributed by atoms with E-state index in [2.05, 4.69) is 10.1 Å². The summed E-state index contributed by atoms with van der Waals surface area (Å²) < 4.78 is 29.4. The van der Waals surface area contributed by atoms with E-state index in [1.165, 1.54) is 18.2 Å². The van der Waals surface area contributed by atoms with Crippen LogP contribution >= 0.6 is 0 Å². The number of halogens is 2. The van der Waals surface area contributed by atoms with Crippen LogP contribution in [0.3, 0.4) is 0 Å². The third-order valence-corrected chi connectivity index (χ3v) is 5.97. The minimum Gasteiger partial charge on any atom is -0.435 e. The number of ether oxygens (including phenoxy) is 1. The normalized spacial score (nSPS) is 23.2. The van der Waals surface area contributed by atoms with Gasteiger partial charge in [0.1, 0.15) is 11.8 Å². The number of nitrogens with zero attached hydrogens (tertiary/aromatic N) is 1. The van der Waals surface area contributed by atoms with E-state index in [9.17, 15) is 18.4 Å². The van der Waals surface area contributed by atoms with Crippen LogP contribution in [0.5, 0.6) is 5.75 Å². The Morgan fingerprint density at radius 2 is 1.80 bits per heavy atom. The molecule has 30 heavy (non-hydrogen) atoms. The maximum Gasteiger partial charge on any atom is 0.387 e. The first kappa shape index (κ1) is 20.3. The molecule has 0 bridgehead atoms. The second-order valence-electron chi connectivity index (χ2n) is 7.84. The Labute approximate surface area is 174 Å². The van der Waals surface area contributed by atoms with Crippen LogP contribution in [0.15, 0.2) is 54.6 Å². The van der Waals surface area contributed by atoms with Crippen LogP contribution in [0, 0.1) is 5.92 Å². The molecule has 2 aromatic carbocycles. The average Bonchev–Trinajstić information content (AvgIpc) is 3.13. The highest BCUT2D eigenvalue weighted by Crippen LogP contribution is 2.41. The molecule has 0 aromatic heterocycles. The molecule has 4 rings (SSSR count). The van der Waals surface area contributed by atoms with Crippen LogP contribution in [0.25, 0.3) is 0 Å². The van der Waals surface area contributed by atoms with E-state index in [-0.39, 0.29) is 23.6 Å². The molecule has 2 aromatic rings. The minimum absolute atomic E-state index is 0.0277. The molecule has 1 aliphatic carbocycles. The smallest absolute Gasteiger partial charge is 0.387 e. The fraction of sp³-hybridized carbons (Fsp3) is 0.391. The summed E-state index contributed by atoms with van der Waals surface area (Å²) in [6, 6.07) is 14.4. The Bertz CT molecular complexity index is 906. The summed E-state index contributed by atoms with van der Waals surface area (Å²) in [5, 5.41) is 2.79. The van der Waals surface area contributed by atoms with E-state index in [1.54, 1.807) is 23.1 Å². The van der Waals surface area contributed by atoms with Gasteiger partial charge in [0.25, 0.3) is 5.91 Å². The third-order valence-electron chi connectivity index (χ3n) is 5.97. The number of likely N-dealkylation sites (tertiary alicyclic amines) is 1. The van der Waals surface area contributed by atoms with Crippen LogP contribution in [-0.4, -0.2) is 35.4 Å². The van der Waals surface area contributed by atoms with Crippen molar-refractivity contribution < 1.29 is 23.1 Å². The Morgan fingerprint density at radius 3 is 2.57 bits per heavy atom. The van der Waals surface area contributed by atoms with Gasteiger partial charge in [-0.05, 0) is 49.4 Å². The highest BCUT2D eigenvalue weighted by molar-refractivity contribution is 6.02. The molecule has 2 fully saturated rings. The zero-order valence-corrected chi connectivity index (χ0v) is 16.5. The fourth-order valence-electron chi connectivity index (χ4n) is 4.69. The van der Waals surface area contributed by atoms with Crippen LogP contribution < -0.4 is 10.1 Å². The van der Waals surface area contributed by atoms with Crippen molar-refractivity contribution >= 4 is 17.5 Å². The molecule has 1 saturated carbocycles. The monoisotopic (exact) mass is 414 g/mol. The number of nitrogens with one attached hydrogen (secondary N) is 1.